The smallest absolute Gasteiger partial charge is 0.262 e. The van der Waals surface area contributed by atoms with Gasteiger partial charge in [-0.15, -0.1) is 0 Å². The third-order valence-corrected chi connectivity index (χ3v) is 5.03. The summed E-state index contributed by atoms with van der Waals surface area (Å²) in [5, 5.41) is 3.41. The molecule has 1 amide bonds. The number of nitrogens with zero attached hydrogens (tertiary/aromatic N) is 1. The van der Waals surface area contributed by atoms with Crippen molar-refractivity contribution < 1.29 is 4.79 Å². The molecular weight excluding hydrogens is 346 g/mol. The average Bonchev–Trinajstić information content (AvgIpc) is 2.61. The first kappa shape index (κ1) is 18.6. The second-order valence-electron chi connectivity index (χ2n) is 7.13. The number of nitrogens with one attached hydrogen (secondary N) is 2. The number of fused-ring (bicyclic) bond motifs is 1. The van der Waals surface area contributed by atoms with Gasteiger partial charge in [-0.05, 0) is 76.4 Å². The van der Waals surface area contributed by atoms with Crippen molar-refractivity contribution >= 4 is 29.0 Å². The molecule has 2 aromatic rings. The van der Waals surface area contributed by atoms with Gasteiger partial charge in [-0.3, -0.25) is 14.2 Å². The lowest BCUT2D eigenvalue weighted by atomic mass is 9.97. The summed E-state index contributed by atoms with van der Waals surface area (Å²) in [6.45, 7) is 4.41. The largest absolute Gasteiger partial charge is 0.350 e. The van der Waals surface area contributed by atoms with Crippen molar-refractivity contribution in [3.05, 3.63) is 50.5 Å². The second-order valence-corrected chi connectivity index (χ2v) is 7.52. The SMILES string of the molecule is CC(C)NC(=O)c1ccc2c(=O)n(CCC3=CCCCC3)c(=S)[nH]c2c1. The summed E-state index contributed by atoms with van der Waals surface area (Å²) in [5.41, 5.74) is 2.43. The molecule has 0 unspecified atom stereocenters. The number of aromatic amines is 1. The molecule has 2 N–H and O–H groups in total. The first-order chi connectivity index (χ1) is 12.5. The van der Waals surface area contributed by atoms with Crippen molar-refractivity contribution in [2.24, 2.45) is 0 Å². The van der Waals surface area contributed by atoms with Gasteiger partial charge in [-0.2, -0.15) is 0 Å². The van der Waals surface area contributed by atoms with Gasteiger partial charge in [0.15, 0.2) is 4.77 Å². The Balaban J connectivity index is 1.90. The molecule has 26 heavy (non-hydrogen) atoms. The summed E-state index contributed by atoms with van der Waals surface area (Å²) in [6.07, 6.45) is 7.89. The van der Waals surface area contributed by atoms with E-state index < -0.39 is 0 Å². The van der Waals surface area contributed by atoms with E-state index in [2.05, 4.69) is 16.4 Å². The van der Waals surface area contributed by atoms with Gasteiger partial charge in [0, 0.05) is 18.2 Å². The van der Waals surface area contributed by atoms with Gasteiger partial charge in [0.2, 0.25) is 0 Å². The van der Waals surface area contributed by atoms with Gasteiger partial charge in [0.25, 0.3) is 11.5 Å². The van der Waals surface area contributed by atoms with Crippen molar-refractivity contribution in [3.8, 4) is 0 Å². The summed E-state index contributed by atoms with van der Waals surface area (Å²) in [5.74, 6) is -0.158. The molecule has 0 radical (unpaired) electrons. The Labute approximate surface area is 158 Å². The average molecular weight is 372 g/mol. The van der Waals surface area contributed by atoms with Gasteiger partial charge >= 0.3 is 0 Å². The van der Waals surface area contributed by atoms with E-state index in [-0.39, 0.29) is 17.5 Å². The zero-order valence-electron chi connectivity index (χ0n) is 15.3. The Hall–Kier alpha value is -2.21. The van der Waals surface area contributed by atoms with Crippen molar-refractivity contribution in [3.63, 3.8) is 0 Å². The lowest BCUT2D eigenvalue weighted by Gasteiger charge is -2.14. The number of carbonyl (C=O) groups excluding carboxylic acids is 1. The van der Waals surface area contributed by atoms with E-state index in [0.717, 1.165) is 19.3 Å². The van der Waals surface area contributed by atoms with Gasteiger partial charge in [-0.25, -0.2) is 0 Å². The third kappa shape index (κ3) is 4.12. The minimum Gasteiger partial charge on any atom is -0.350 e. The minimum atomic E-state index is -0.158. The summed E-state index contributed by atoms with van der Waals surface area (Å²) in [6, 6.07) is 5.14. The van der Waals surface area contributed by atoms with Crippen LogP contribution in [0.5, 0.6) is 0 Å². The van der Waals surface area contributed by atoms with Crippen LogP contribution in [0.3, 0.4) is 0 Å². The number of benzene rings is 1. The van der Waals surface area contributed by atoms with Crippen molar-refractivity contribution in [1.82, 2.24) is 14.9 Å². The molecule has 0 bridgehead atoms. The lowest BCUT2D eigenvalue weighted by molar-refractivity contribution is 0.0943. The van der Waals surface area contributed by atoms with Crippen LogP contribution < -0.4 is 10.9 Å². The molecule has 0 atom stereocenters. The zero-order valence-corrected chi connectivity index (χ0v) is 16.1. The fourth-order valence-electron chi connectivity index (χ4n) is 3.33. The van der Waals surface area contributed by atoms with Gasteiger partial charge in [-0.1, -0.05) is 11.6 Å². The predicted molar refractivity (Wildman–Crippen MR) is 107 cm³/mol. The molecule has 0 fully saturated rings. The predicted octanol–water partition coefficient (Wildman–Crippen LogP) is 4.09. The van der Waals surface area contributed by atoms with Crippen LogP contribution in [0.2, 0.25) is 0 Å². The van der Waals surface area contributed by atoms with E-state index in [9.17, 15) is 9.59 Å². The maximum Gasteiger partial charge on any atom is 0.262 e. The highest BCUT2D eigenvalue weighted by atomic mass is 32.1. The molecule has 1 aliphatic carbocycles. The van der Waals surface area contributed by atoms with Gasteiger partial charge in [0.1, 0.15) is 0 Å². The van der Waals surface area contributed by atoms with Crippen molar-refractivity contribution in [2.75, 3.05) is 0 Å². The van der Waals surface area contributed by atoms with Crippen LogP contribution in [-0.4, -0.2) is 21.5 Å². The number of hydrogen-bond donors (Lipinski definition) is 2. The molecule has 0 saturated carbocycles. The summed E-state index contributed by atoms with van der Waals surface area (Å²) in [4.78, 5) is 28.1. The monoisotopic (exact) mass is 371 g/mol. The molecule has 138 valence electrons. The van der Waals surface area contributed by atoms with E-state index in [4.69, 9.17) is 12.2 Å². The van der Waals surface area contributed by atoms with Crippen LogP contribution in [0.1, 0.15) is 56.3 Å². The Kier molecular flexibility index (Phi) is 5.71. The molecule has 6 heteroatoms. The topological polar surface area (TPSA) is 66.9 Å². The molecule has 5 nitrogen and oxygen atoms in total. The highest BCUT2D eigenvalue weighted by Crippen LogP contribution is 2.20. The highest BCUT2D eigenvalue weighted by molar-refractivity contribution is 7.71. The number of amides is 1. The molecule has 0 spiro atoms. The Morgan fingerprint density at radius 2 is 2.15 bits per heavy atom. The molecule has 3 rings (SSSR count). The molecule has 1 aliphatic rings. The quantitative estimate of drug-likeness (QED) is 0.614. The Morgan fingerprint density at radius 1 is 1.35 bits per heavy atom. The zero-order chi connectivity index (χ0) is 18.7. The standard InChI is InChI=1S/C20H25N3O2S/c1-13(2)21-18(24)15-8-9-16-17(12-15)22-20(26)23(19(16)25)11-10-14-6-4-3-5-7-14/h6,8-9,12-13H,3-5,7,10-11H2,1-2H3,(H,21,24)(H,22,26). The van der Waals surface area contributed by atoms with Crippen molar-refractivity contribution in [1.29, 1.82) is 0 Å². The fraction of sp³-hybridized carbons (Fsp3) is 0.450. The molecule has 1 aromatic heterocycles. The molecular formula is C20H25N3O2S. The van der Waals surface area contributed by atoms with Crippen LogP contribution in [0.25, 0.3) is 10.9 Å². The maximum atomic E-state index is 12.8. The van der Waals surface area contributed by atoms with Crippen LogP contribution in [0.15, 0.2) is 34.6 Å². The maximum absolute atomic E-state index is 12.8. The number of hydrogen-bond acceptors (Lipinski definition) is 3. The number of allylic oxidation sites excluding steroid dienone is 2. The fourth-order valence-corrected chi connectivity index (χ4v) is 3.62. The summed E-state index contributed by atoms with van der Waals surface area (Å²) >= 11 is 5.40. The molecule has 0 aliphatic heterocycles. The number of H-pyrrole nitrogens is 1. The second kappa shape index (κ2) is 7.99. The first-order valence-electron chi connectivity index (χ1n) is 9.21. The van der Waals surface area contributed by atoms with Gasteiger partial charge in [0.05, 0.1) is 10.9 Å². The van der Waals surface area contributed by atoms with E-state index >= 15 is 0 Å². The van der Waals surface area contributed by atoms with Crippen LogP contribution in [-0.2, 0) is 6.54 Å². The van der Waals surface area contributed by atoms with Crippen LogP contribution in [0, 0.1) is 4.77 Å². The lowest BCUT2D eigenvalue weighted by Crippen LogP contribution is -2.30. The normalized spacial score (nSPS) is 14.5. The van der Waals surface area contributed by atoms with E-state index in [1.54, 1.807) is 22.8 Å². The van der Waals surface area contributed by atoms with E-state index in [1.165, 1.54) is 18.4 Å². The Morgan fingerprint density at radius 3 is 2.85 bits per heavy atom. The van der Waals surface area contributed by atoms with Crippen molar-refractivity contribution in [2.45, 2.75) is 58.5 Å². The number of rotatable bonds is 5. The molecule has 1 heterocycles. The van der Waals surface area contributed by atoms with E-state index in [1.807, 2.05) is 13.8 Å². The third-order valence-electron chi connectivity index (χ3n) is 4.71. The molecule has 1 aromatic carbocycles. The minimum absolute atomic E-state index is 0.0544. The Bertz CT molecular complexity index is 969. The first-order valence-corrected chi connectivity index (χ1v) is 9.62. The van der Waals surface area contributed by atoms with Crippen LogP contribution in [0.4, 0.5) is 0 Å². The van der Waals surface area contributed by atoms with Crippen LogP contribution >= 0.6 is 12.2 Å². The summed E-state index contributed by atoms with van der Waals surface area (Å²) in [7, 11) is 0. The van der Waals surface area contributed by atoms with E-state index in [0.29, 0.717) is 27.8 Å². The highest BCUT2D eigenvalue weighted by Gasteiger charge is 2.12. The summed E-state index contributed by atoms with van der Waals surface area (Å²) < 4.78 is 2.03. The van der Waals surface area contributed by atoms with Gasteiger partial charge < -0.3 is 10.3 Å². The number of carbonyl (C=O) groups is 1. The number of aromatic nitrogens is 2. The molecule has 0 saturated heterocycles.